The van der Waals surface area contributed by atoms with Crippen LogP contribution in [0.3, 0.4) is 0 Å². The highest BCUT2D eigenvalue weighted by atomic mass is 35.5. The summed E-state index contributed by atoms with van der Waals surface area (Å²) in [6.07, 6.45) is 1.99. The van der Waals surface area contributed by atoms with Crippen LogP contribution in [0.4, 0.5) is 5.69 Å². The summed E-state index contributed by atoms with van der Waals surface area (Å²) in [6, 6.07) is 21.7. The number of carbonyl (C=O) groups excluding carboxylic acids is 2. The molecule has 0 atom stereocenters. The molecule has 1 fully saturated rings. The van der Waals surface area contributed by atoms with Gasteiger partial charge in [-0.3, -0.25) is 9.59 Å². The van der Waals surface area contributed by atoms with Crippen LogP contribution in [0.15, 0.2) is 72.8 Å². The minimum Gasteiger partial charge on any atom is -0.489 e. The smallest absolute Gasteiger partial charge is 0.256 e. The lowest BCUT2D eigenvalue weighted by molar-refractivity contribution is 0.0794. The van der Waals surface area contributed by atoms with Crippen LogP contribution in [0.25, 0.3) is 0 Å². The molecule has 3 aromatic rings. The van der Waals surface area contributed by atoms with E-state index in [1.807, 2.05) is 42.5 Å². The molecule has 31 heavy (non-hydrogen) atoms. The number of benzene rings is 3. The van der Waals surface area contributed by atoms with Gasteiger partial charge in [0.1, 0.15) is 12.4 Å². The summed E-state index contributed by atoms with van der Waals surface area (Å²) in [7, 11) is 0. The Hall–Kier alpha value is -3.31. The van der Waals surface area contributed by atoms with E-state index in [1.165, 1.54) is 0 Å². The Morgan fingerprint density at radius 2 is 1.65 bits per heavy atom. The molecule has 1 saturated heterocycles. The molecule has 1 aliphatic heterocycles. The standard InChI is InChI=1S/C25H23ClN2O3/c26-20-12-13-23(22(16-20)25(30)28-14-4-5-15-28)27-24(29)19-10-8-18(9-11-19)17-31-21-6-2-1-3-7-21/h1-3,6-13,16H,4-5,14-15,17H2,(H,27,29). The summed E-state index contributed by atoms with van der Waals surface area (Å²) in [6.45, 7) is 1.87. The number of hydrogen-bond donors (Lipinski definition) is 1. The first-order valence-corrected chi connectivity index (χ1v) is 10.6. The number of amides is 2. The highest BCUT2D eigenvalue weighted by molar-refractivity contribution is 6.31. The topological polar surface area (TPSA) is 58.6 Å². The monoisotopic (exact) mass is 434 g/mol. The van der Waals surface area contributed by atoms with Gasteiger partial charge in [-0.25, -0.2) is 0 Å². The zero-order chi connectivity index (χ0) is 21.6. The number of para-hydroxylation sites is 1. The number of hydrogen-bond acceptors (Lipinski definition) is 3. The normalized spacial score (nSPS) is 13.1. The van der Waals surface area contributed by atoms with Crippen LogP contribution in [0.5, 0.6) is 5.75 Å². The van der Waals surface area contributed by atoms with E-state index in [2.05, 4.69) is 5.32 Å². The third-order valence-corrected chi connectivity index (χ3v) is 5.45. The molecule has 5 nitrogen and oxygen atoms in total. The Balaban J connectivity index is 1.44. The zero-order valence-corrected chi connectivity index (χ0v) is 17.8. The molecule has 0 radical (unpaired) electrons. The second kappa shape index (κ2) is 9.67. The second-order valence-electron chi connectivity index (χ2n) is 7.44. The molecule has 0 aliphatic carbocycles. The molecule has 2 amide bonds. The third kappa shape index (κ3) is 5.25. The van der Waals surface area contributed by atoms with Gasteiger partial charge in [0.15, 0.2) is 0 Å². The fraction of sp³-hybridized carbons (Fsp3) is 0.200. The van der Waals surface area contributed by atoms with Gasteiger partial charge in [-0.2, -0.15) is 0 Å². The predicted octanol–water partition coefficient (Wildman–Crippen LogP) is 5.41. The lowest BCUT2D eigenvalue weighted by Gasteiger charge is -2.18. The SMILES string of the molecule is O=C(Nc1ccc(Cl)cc1C(=O)N1CCCC1)c1ccc(COc2ccccc2)cc1. The van der Waals surface area contributed by atoms with Gasteiger partial charge in [-0.1, -0.05) is 41.9 Å². The summed E-state index contributed by atoms with van der Waals surface area (Å²) >= 11 is 6.12. The summed E-state index contributed by atoms with van der Waals surface area (Å²) in [5.41, 5.74) is 2.33. The van der Waals surface area contributed by atoms with Crippen LogP contribution in [0.2, 0.25) is 5.02 Å². The van der Waals surface area contributed by atoms with Crippen LogP contribution < -0.4 is 10.1 Å². The Bertz CT molecular complexity index is 1060. The molecule has 1 heterocycles. The van der Waals surface area contributed by atoms with E-state index in [-0.39, 0.29) is 11.8 Å². The van der Waals surface area contributed by atoms with Crippen molar-refractivity contribution in [2.24, 2.45) is 0 Å². The first kappa shape index (κ1) is 20.9. The molecular formula is C25H23ClN2O3. The van der Waals surface area contributed by atoms with E-state index in [4.69, 9.17) is 16.3 Å². The first-order chi connectivity index (χ1) is 15.1. The van der Waals surface area contributed by atoms with Crippen molar-refractivity contribution in [3.8, 4) is 5.75 Å². The average Bonchev–Trinajstić information content (AvgIpc) is 3.34. The van der Waals surface area contributed by atoms with Gasteiger partial charge in [0, 0.05) is 23.7 Å². The van der Waals surface area contributed by atoms with E-state index in [0.29, 0.717) is 28.4 Å². The van der Waals surface area contributed by atoms with Crippen molar-refractivity contribution in [3.63, 3.8) is 0 Å². The highest BCUT2D eigenvalue weighted by Crippen LogP contribution is 2.25. The lowest BCUT2D eigenvalue weighted by atomic mass is 10.1. The summed E-state index contributed by atoms with van der Waals surface area (Å²) in [5, 5.41) is 3.32. The largest absolute Gasteiger partial charge is 0.489 e. The van der Waals surface area contributed by atoms with E-state index in [1.54, 1.807) is 35.2 Å². The Morgan fingerprint density at radius 1 is 0.935 bits per heavy atom. The Kier molecular flexibility index (Phi) is 6.53. The first-order valence-electron chi connectivity index (χ1n) is 10.3. The van der Waals surface area contributed by atoms with Crippen LogP contribution in [-0.4, -0.2) is 29.8 Å². The molecule has 6 heteroatoms. The van der Waals surface area contributed by atoms with Crippen LogP contribution in [0.1, 0.15) is 39.1 Å². The quantitative estimate of drug-likeness (QED) is 0.564. The van der Waals surface area contributed by atoms with E-state index >= 15 is 0 Å². The van der Waals surface area contributed by atoms with Gasteiger partial charge in [-0.05, 0) is 60.9 Å². The van der Waals surface area contributed by atoms with Crippen molar-refractivity contribution in [1.82, 2.24) is 4.90 Å². The minimum absolute atomic E-state index is 0.108. The van der Waals surface area contributed by atoms with Gasteiger partial charge >= 0.3 is 0 Å². The van der Waals surface area contributed by atoms with Gasteiger partial charge in [0.25, 0.3) is 11.8 Å². The van der Waals surface area contributed by atoms with E-state index < -0.39 is 0 Å². The molecule has 158 valence electrons. The van der Waals surface area contributed by atoms with Crippen molar-refractivity contribution in [1.29, 1.82) is 0 Å². The van der Waals surface area contributed by atoms with Gasteiger partial charge in [0.05, 0.1) is 11.3 Å². The number of anilines is 1. The van der Waals surface area contributed by atoms with Gasteiger partial charge in [0.2, 0.25) is 0 Å². The number of carbonyl (C=O) groups is 2. The zero-order valence-electron chi connectivity index (χ0n) is 17.0. The predicted molar refractivity (Wildman–Crippen MR) is 122 cm³/mol. The molecule has 0 spiro atoms. The van der Waals surface area contributed by atoms with Gasteiger partial charge < -0.3 is 15.0 Å². The minimum atomic E-state index is -0.284. The fourth-order valence-corrected chi connectivity index (χ4v) is 3.70. The molecular weight excluding hydrogens is 412 g/mol. The van der Waals surface area contributed by atoms with Crippen molar-refractivity contribution in [2.75, 3.05) is 18.4 Å². The molecule has 0 unspecified atom stereocenters. The van der Waals surface area contributed by atoms with Crippen LogP contribution in [-0.2, 0) is 6.61 Å². The van der Waals surface area contributed by atoms with Crippen molar-refractivity contribution in [3.05, 3.63) is 94.5 Å². The van der Waals surface area contributed by atoms with Crippen molar-refractivity contribution >= 4 is 29.1 Å². The van der Waals surface area contributed by atoms with Crippen molar-refractivity contribution < 1.29 is 14.3 Å². The maximum absolute atomic E-state index is 12.9. The molecule has 1 N–H and O–H groups in total. The van der Waals surface area contributed by atoms with E-state index in [9.17, 15) is 9.59 Å². The molecule has 0 bridgehead atoms. The maximum Gasteiger partial charge on any atom is 0.256 e. The second-order valence-corrected chi connectivity index (χ2v) is 7.88. The number of nitrogens with one attached hydrogen (secondary N) is 1. The molecule has 4 rings (SSSR count). The van der Waals surface area contributed by atoms with E-state index in [0.717, 1.165) is 37.2 Å². The Morgan fingerprint density at radius 3 is 2.35 bits per heavy atom. The maximum atomic E-state index is 12.9. The third-order valence-electron chi connectivity index (χ3n) is 5.22. The molecule has 3 aromatic carbocycles. The number of nitrogens with zero attached hydrogens (tertiary/aromatic N) is 1. The average molecular weight is 435 g/mol. The number of likely N-dealkylation sites (tertiary alicyclic amines) is 1. The molecule has 0 saturated carbocycles. The summed E-state index contributed by atoms with van der Waals surface area (Å²) in [5.74, 6) is 0.402. The highest BCUT2D eigenvalue weighted by Gasteiger charge is 2.23. The number of ether oxygens (including phenoxy) is 1. The van der Waals surface area contributed by atoms with Crippen LogP contribution >= 0.6 is 11.6 Å². The number of halogens is 1. The Labute approximate surface area is 186 Å². The summed E-state index contributed by atoms with van der Waals surface area (Å²) < 4.78 is 5.73. The van der Waals surface area contributed by atoms with Crippen LogP contribution in [0, 0.1) is 0 Å². The summed E-state index contributed by atoms with van der Waals surface area (Å²) in [4.78, 5) is 27.5. The van der Waals surface area contributed by atoms with Gasteiger partial charge in [-0.15, -0.1) is 0 Å². The lowest BCUT2D eigenvalue weighted by Crippen LogP contribution is -2.28. The fourth-order valence-electron chi connectivity index (χ4n) is 3.52. The van der Waals surface area contributed by atoms with Crippen molar-refractivity contribution in [2.45, 2.75) is 19.4 Å². The molecule has 0 aromatic heterocycles. The number of rotatable bonds is 6. The molecule has 1 aliphatic rings.